The Hall–Kier alpha value is -3.27. The maximum absolute atomic E-state index is 13.6. The summed E-state index contributed by atoms with van der Waals surface area (Å²) in [5, 5.41) is 11.4. The number of halogens is 1. The Kier molecular flexibility index (Phi) is 4.66. The molecular weight excluding hydrogens is 379 g/mol. The number of hydrogen-bond donors (Lipinski definition) is 2. The fraction of sp³-hybridized carbons (Fsp3) is 0.118. The lowest BCUT2D eigenvalue weighted by Gasteiger charge is -2.13. The van der Waals surface area contributed by atoms with E-state index in [-0.39, 0.29) is 27.2 Å². The van der Waals surface area contributed by atoms with Crippen molar-refractivity contribution in [2.75, 3.05) is 18.9 Å². The number of aromatic nitrogens is 1. The van der Waals surface area contributed by atoms with Gasteiger partial charge in [-0.1, -0.05) is 0 Å². The van der Waals surface area contributed by atoms with Gasteiger partial charge in [-0.2, -0.15) is 0 Å². The smallest absolute Gasteiger partial charge is 0.265 e. The summed E-state index contributed by atoms with van der Waals surface area (Å²) in [5.41, 5.74) is -0.621. The van der Waals surface area contributed by atoms with E-state index in [1.54, 1.807) is 0 Å². The summed E-state index contributed by atoms with van der Waals surface area (Å²) in [6.45, 7) is 0. The molecule has 10 heteroatoms. The highest BCUT2D eigenvalue weighted by Crippen LogP contribution is 2.33. The van der Waals surface area contributed by atoms with Crippen molar-refractivity contribution in [2.24, 2.45) is 0 Å². The lowest BCUT2D eigenvalue weighted by molar-refractivity contribution is -0.255. The van der Waals surface area contributed by atoms with Crippen LogP contribution in [0.25, 0.3) is 10.9 Å². The van der Waals surface area contributed by atoms with Crippen LogP contribution in [0, 0.1) is 5.82 Å². The molecular formula is C17H14FN2O6S-. The van der Waals surface area contributed by atoms with E-state index in [4.69, 9.17) is 9.47 Å². The zero-order valence-corrected chi connectivity index (χ0v) is 15.0. The number of ether oxygens (including phenoxy) is 2. The van der Waals surface area contributed by atoms with Crippen LogP contribution >= 0.6 is 0 Å². The van der Waals surface area contributed by atoms with Crippen molar-refractivity contribution in [3.8, 4) is 11.5 Å². The number of hydrogen-bond acceptors (Lipinski definition) is 6. The lowest BCUT2D eigenvalue weighted by Crippen LogP contribution is -2.25. The SMILES string of the molecule is COc1ccc(S(=O)(=O)Nc2c(C(=O)[O-])[nH]c3ccc(F)cc23)c(OC)c1. The zero-order valence-electron chi connectivity index (χ0n) is 14.2. The number of anilines is 1. The van der Waals surface area contributed by atoms with Gasteiger partial charge >= 0.3 is 0 Å². The van der Waals surface area contributed by atoms with E-state index in [0.29, 0.717) is 5.75 Å². The van der Waals surface area contributed by atoms with E-state index in [9.17, 15) is 22.7 Å². The number of nitrogens with one attached hydrogen (secondary N) is 2. The summed E-state index contributed by atoms with van der Waals surface area (Å²) >= 11 is 0. The van der Waals surface area contributed by atoms with E-state index in [0.717, 1.165) is 12.1 Å². The predicted octanol–water partition coefficient (Wildman–Crippen LogP) is 1.49. The number of sulfonamides is 1. The Morgan fingerprint density at radius 2 is 1.89 bits per heavy atom. The largest absolute Gasteiger partial charge is 0.543 e. The summed E-state index contributed by atoms with van der Waals surface area (Å²) in [4.78, 5) is 13.6. The molecule has 1 aromatic heterocycles. The number of aromatic carboxylic acids is 1. The van der Waals surface area contributed by atoms with E-state index in [1.165, 1.54) is 38.5 Å². The molecule has 0 fully saturated rings. The van der Waals surface area contributed by atoms with E-state index in [2.05, 4.69) is 9.71 Å². The van der Waals surface area contributed by atoms with Crippen molar-refractivity contribution in [1.82, 2.24) is 4.98 Å². The average molecular weight is 393 g/mol. The molecule has 0 radical (unpaired) electrons. The molecule has 27 heavy (non-hydrogen) atoms. The van der Waals surface area contributed by atoms with Gasteiger partial charge in [-0.15, -0.1) is 0 Å². The first-order valence-electron chi connectivity index (χ1n) is 7.54. The van der Waals surface area contributed by atoms with Gasteiger partial charge in [0.15, 0.2) is 0 Å². The van der Waals surface area contributed by atoms with Crippen molar-refractivity contribution >= 4 is 32.6 Å². The van der Waals surface area contributed by atoms with Gasteiger partial charge in [0, 0.05) is 17.0 Å². The molecule has 2 N–H and O–H groups in total. The molecule has 1 heterocycles. The molecule has 2 aromatic carbocycles. The fourth-order valence-electron chi connectivity index (χ4n) is 2.61. The Balaban J connectivity index is 2.15. The molecule has 0 saturated carbocycles. The van der Waals surface area contributed by atoms with Crippen LogP contribution in [0.3, 0.4) is 0 Å². The Morgan fingerprint density at radius 1 is 1.15 bits per heavy atom. The van der Waals surface area contributed by atoms with Crippen molar-refractivity contribution in [3.05, 3.63) is 47.9 Å². The van der Waals surface area contributed by atoms with Crippen molar-refractivity contribution in [1.29, 1.82) is 0 Å². The number of aromatic amines is 1. The predicted molar refractivity (Wildman–Crippen MR) is 92.9 cm³/mol. The highest BCUT2D eigenvalue weighted by Gasteiger charge is 2.24. The first-order valence-corrected chi connectivity index (χ1v) is 9.02. The number of methoxy groups -OCH3 is 2. The van der Waals surface area contributed by atoms with Gasteiger partial charge in [-0.25, -0.2) is 12.8 Å². The quantitative estimate of drug-likeness (QED) is 0.655. The second kappa shape index (κ2) is 6.80. The van der Waals surface area contributed by atoms with Gasteiger partial charge in [0.25, 0.3) is 10.0 Å². The topological polar surface area (TPSA) is 121 Å². The Labute approximate surface area is 153 Å². The van der Waals surface area contributed by atoms with Crippen molar-refractivity contribution in [3.63, 3.8) is 0 Å². The van der Waals surface area contributed by atoms with Crippen LogP contribution in [0.2, 0.25) is 0 Å². The van der Waals surface area contributed by atoms with Crippen LogP contribution in [0.1, 0.15) is 10.5 Å². The molecule has 0 saturated heterocycles. The van der Waals surface area contributed by atoms with E-state index >= 15 is 0 Å². The van der Waals surface area contributed by atoms with Crippen LogP contribution in [0.15, 0.2) is 41.3 Å². The number of carboxylic acid groups (broad SMARTS) is 1. The molecule has 0 atom stereocenters. The third-order valence-electron chi connectivity index (χ3n) is 3.86. The highest BCUT2D eigenvalue weighted by molar-refractivity contribution is 7.92. The summed E-state index contributed by atoms with van der Waals surface area (Å²) in [5.74, 6) is -1.95. The number of carbonyl (C=O) groups is 1. The molecule has 0 bridgehead atoms. The second-order valence-corrected chi connectivity index (χ2v) is 7.13. The minimum Gasteiger partial charge on any atom is -0.543 e. The van der Waals surface area contributed by atoms with Crippen LogP contribution in [-0.2, 0) is 10.0 Å². The molecule has 0 spiro atoms. The van der Waals surface area contributed by atoms with Gasteiger partial charge in [0.2, 0.25) is 0 Å². The maximum atomic E-state index is 13.6. The molecule has 0 aliphatic carbocycles. The molecule has 0 aliphatic rings. The second-order valence-electron chi connectivity index (χ2n) is 5.47. The third kappa shape index (κ3) is 3.38. The first kappa shape index (κ1) is 18.5. The van der Waals surface area contributed by atoms with Gasteiger partial charge in [0.1, 0.15) is 22.2 Å². The molecule has 3 rings (SSSR count). The summed E-state index contributed by atoms with van der Waals surface area (Å²) in [6.07, 6.45) is 0. The average Bonchev–Trinajstić information content (AvgIpc) is 2.98. The number of H-pyrrole nitrogens is 1. The molecule has 8 nitrogen and oxygen atoms in total. The molecule has 0 aliphatic heterocycles. The van der Waals surface area contributed by atoms with Gasteiger partial charge in [-0.05, 0) is 30.3 Å². The third-order valence-corrected chi connectivity index (χ3v) is 5.25. The molecule has 0 unspecified atom stereocenters. The Bertz CT molecular complexity index is 1140. The Morgan fingerprint density at radius 3 is 2.52 bits per heavy atom. The minimum absolute atomic E-state index is 0.0112. The fourth-order valence-corrected chi connectivity index (χ4v) is 3.85. The summed E-state index contributed by atoms with van der Waals surface area (Å²) in [6, 6.07) is 7.44. The highest BCUT2D eigenvalue weighted by atomic mass is 32.2. The van der Waals surface area contributed by atoms with Crippen LogP contribution in [0.4, 0.5) is 10.1 Å². The monoisotopic (exact) mass is 393 g/mol. The minimum atomic E-state index is -4.28. The number of carbonyl (C=O) groups excluding carboxylic acids is 1. The maximum Gasteiger partial charge on any atom is 0.265 e. The number of rotatable bonds is 6. The van der Waals surface area contributed by atoms with Gasteiger partial charge in [0.05, 0.1) is 31.6 Å². The van der Waals surface area contributed by atoms with Crippen LogP contribution in [-0.4, -0.2) is 33.6 Å². The lowest BCUT2D eigenvalue weighted by atomic mass is 10.2. The van der Waals surface area contributed by atoms with Gasteiger partial charge < -0.3 is 24.4 Å². The number of carboxylic acids is 1. The zero-order chi connectivity index (χ0) is 19.8. The first-order chi connectivity index (χ1) is 12.8. The van der Waals surface area contributed by atoms with E-state index in [1.807, 2.05) is 0 Å². The number of benzene rings is 2. The summed E-state index contributed by atoms with van der Waals surface area (Å²) < 4.78 is 51.5. The van der Waals surface area contributed by atoms with Crippen LogP contribution in [0.5, 0.6) is 11.5 Å². The van der Waals surface area contributed by atoms with Gasteiger partial charge in [-0.3, -0.25) is 4.72 Å². The van der Waals surface area contributed by atoms with Crippen molar-refractivity contribution < 1.29 is 32.2 Å². The normalized spacial score (nSPS) is 11.4. The van der Waals surface area contributed by atoms with E-state index < -0.39 is 27.5 Å². The van der Waals surface area contributed by atoms with Crippen molar-refractivity contribution in [2.45, 2.75) is 4.90 Å². The van der Waals surface area contributed by atoms with Crippen LogP contribution < -0.4 is 19.3 Å². The molecule has 0 amide bonds. The summed E-state index contributed by atoms with van der Waals surface area (Å²) in [7, 11) is -1.59. The molecule has 142 valence electrons. The molecule has 3 aromatic rings. The number of fused-ring (bicyclic) bond motifs is 1. The standard InChI is InChI=1S/C17H15FN2O6S/c1-25-10-4-6-14(13(8-10)26-2)27(23,24)20-15-11-7-9(18)3-5-12(11)19-16(15)17(21)22/h3-8,19-20H,1-2H3,(H,21,22)/p-1.